The monoisotopic (exact) mass is 321 g/mol. The molecule has 0 fully saturated rings. The van der Waals surface area contributed by atoms with E-state index in [-0.39, 0.29) is 0 Å². The van der Waals surface area contributed by atoms with E-state index in [4.69, 9.17) is 16.7 Å². The lowest BCUT2D eigenvalue weighted by atomic mass is 10.2. The van der Waals surface area contributed by atoms with Gasteiger partial charge in [0.1, 0.15) is 11.0 Å². The first-order valence-electron chi connectivity index (χ1n) is 6.00. The average molecular weight is 322 g/mol. The van der Waals surface area contributed by atoms with E-state index in [2.05, 4.69) is 4.72 Å². The first-order valence-corrected chi connectivity index (χ1v) is 7.52. The SMILES string of the molecule is O=C(O)/C=C/c1ccc(S(=O)Nc2ccc(Cl)cc2)cc1. The number of benzene rings is 2. The van der Waals surface area contributed by atoms with Crippen molar-refractivity contribution < 1.29 is 14.1 Å². The van der Waals surface area contributed by atoms with Crippen molar-refractivity contribution in [1.82, 2.24) is 0 Å². The molecular weight excluding hydrogens is 310 g/mol. The fourth-order valence-electron chi connectivity index (χ4n) is 1.55. The van der Waals surface area contributed by atoms with Gasteiger partial charge in [0, 0.05) is 16.8 Å². The molecule has 0 aliphatic carbocycles. The van der Waals surface area contributed by atoms with E-state index in [1.165, 1.54) is 6.08 Å². The standard InChI is InChI=1S/C15H12ClNO3S/c16-12-4-6-13(7-5-12)17-21(20)14-8-1-11(2-9-14)3-10-15(18)19/h1-10,17H,(H,18,19)/b10-3+. The van der Waals surface area contributed by atoms with Crippen LogP contribution < -0.4 is 4.72 Å². The average Bonchev–Trinajstić information content (AvgIpc) is 2.48. The van der Waals surface area contributed by atoms with Crippen LogP contribution in [0.1, 0.15) is 5.56 Å². The number of nitrogens with one attached hydrogen (secondary N) is 1. The Labute approximate surface area is 129 Å². The summed E-state index contributed by atoms with van der Waals surface area (Å²) in [4.78, 5) is 11.0. The van der Waals surface area contributed by atoms with E-state index in [9.17, 15) is 9.00 Å². The third kappa shape index (κ3) is 4.73. The van der Waals surface area contributed by atoms with Crippen molar-refractivity contribution in [2.24, 2.45) is 0 Å². The molecule has 2 N–H and O–H groups in total. The van der Waals surface area contributed by atoms with Gasteiger partial charge in [-0.1, -0.05) is 23.7 Å². The summed E-state index contributed by atoms with van der Waals surface area (Å²) < 4.78 is 15.0. The number of carboxylic acid groups (broad SMARTS) is 1. The number of hydrogen-bond donors (Lipinski definition) is 2. The Morgan fingerprint density at radius 1 is 1.10 bits per heavy atom. The van der Waals surface area contributed by atoms with Crippen LogP contribution in [-0.4, -0.2) is 15.3 Å². The molecule has 0 spiro atoms. The van der Waals surface area contributed by atoms with E-state index < -0.39 is 17.0 Å². The lowest BCUT2D eigenvalue weighted by Crippen LogP contribution is -2.04. The molecule has 2 aromatic carbocycles. The van der Waals surface area contributed by atoms with Gasteiger partial charge in [-0.3, -0.25) is 0 Å². The third-order valence-electron chi connectivity index (χ3n) is 2.57. The molecule has 0 aliphatic rings. The van der Waals surface area contributed by atoms with Crippen molar-refractivity contribution >= 4 is 40.3 Å². The van der Waals surface area contributed by atoms with Gasteiger partial charge in [-0.2, -0.15) is 0 Å². The molecule has 0 radical (unpaired) electrons. The zero-order valence-corrected chi connectivity index (χ0v) is 12.4. The molecule has 2 rings (SSSR count). The topological polar surface area (TPSA) is 66.4 Å². The van der Waals surface area contributed by atoms with Gasteiger partial charge in [0.05, 0.1) is 4.90 Å². The summed E-state index contributed by atoms with van der Waals surface area (Å²) in [5.41, 5.74) is 1.43. The first-order chi connectivity index (χ1) is 10.0. The van der Waals surface area contributed by atoms with Crippen LogP contribution in [0.15, 0.2) is 59.5 Å². The van der Waals surface area contributed by atoms with Gasteiger partial charge in [0.25, 0.3) is 0 Å². The number of anilines is 1. The predicted octanol–water partition coefficient (Wildman–Crippen LogP) is 3.57. The van der Waals surface area contributed by atoms with Crippen molar-refractivity contribution in [3.05, 3.63) is 65.2 Å². The molecule has 2 aromatic rings. The third-order valence-corrected chi connectivity index (χ3v) is 3.94. The Kier molecular flexibility index (Phi) is 5.14. The van der Waals surface area contributed by atoms with Crippen molar-refractivity contribution in [2.45, 2.75) is 4.90 Å². The molecule has 0 heterocycles. The summed E-state index contributed by atoms with van der Waals surface area (Å²) in [5, 5.41) is 9.16. The smallest absolute Gasteiger partial charge is 0.328 e. The van der Waals surface area contributed by atoms with Crippen LogP contribution in [0.5, 0.6) is 0 Å². The minimum atomic E-state index is -1.40. The van der Waals surface area contributed by atoms with Crippen molar-refractivity contribution in [1.29, 1.82) is 0 Å². The van der Waals surface area contributed by atoms with Gasteiger partial charge < -0.3 is 9.83 Å². The quantitative estimate of drug-likeness (QED) is 0.827. The van der Waals surface area contributed by atoms with Crippen LogP contribution in [0.3, 0.4) is 0 Å². The van der Waals surface area contributed by atoms with Crippen molar-refractivity contribution in [2.75, 3.05) is 4.72 Å². The lowest BCUT2D eigenvalue weighted by molar-refractivity contribution is -0.131. The Balaban J connectivity index is 2.06. The molecule has 21 heavy (non-hydrogen) atoms. The maximum atomic E-state index is 12.1. The van der Waals surface area contributed by atoms with Gasteiger partial charge in [-0.05, 0) is 48.0 Å². The zero-order valence-electron chi connectivity index (χ0n) is 10.8. The Morgan fingerprint density at radius 2 is 1.71 bits per heavy atom. The molecule has 1 unspecified atom stereocenters. The molecule has 108 valence electrons. The van der Waals surface area contributed by atoms with Gasteiger partial charge in [-0.25, -0.2) is 9.00 Å². The number of carboxylic acids is 1. The predicted molar refractivity (Wildman–Crippen MR) is 84.6 cm³/mol. The van der Waals surface area contributed by atoms with Crippen LogP contribution in [0.25, 0.3) is 6.08 Å². The van der Waals surface area contributed by atoms with Crippen molar-refractivity contribution in [3.8, 4) is 0 Å². The second-order valence-electron chi connectivity index (χ2n) is 4.12. The number of rotatable bonds is 5. The number of halogens is 1. The molecule has 0 aliphatic heterocycles. The van der Waals surface area contributed by atoms with E-state index in [1.54, 1.807) is 48.5 Å². The normalized spacial score (nSPS) is 12.2. The molecule has 6 heteroatoms. The highest BCUT2D eigenvalue weighted by Crippen LogP contribution is 2.17. The summed E-state index contributed by atoms with van der Waals surface area (Å²) in [6.07, 6.45) is 2.53. The van der Waals surface area contributed by atoms with E-state index in [0.29, 0.717) is 15.6 Å². The van der Waals surface area contributed by atoms with E-state index in [1.807, 2.05) is 0 Å². The van der Waals surface area contributed by atoms with Crippen LogP contribution in [0.4, 0.5) is 5.69 Å². The Hall–Kier alpha value is -2.11. The summed E-state index contributed by atoms with van der Waals surface area (Å²) >= 11 is 5.78. The van der Waals surface area contributed by atoms with Gasteiger partial charge in [0.2, 0.25) is 0 Å². The Bertz CT molecular complexity index is 681. The van der Waals surface area contributed by atoms with Crippen molar-refractivity contribution in [3.63, 3.8) is 0 Å². The molecular formula is C15H12ClNO3S. The zero-order chi connectivity index (χ0) is 15.2. The molecule has 0 saturated heterocycles. The summed E-state index contributed by atoms with van der Waals surface area (Å²) in [7, 11) is -1.40. The molecule has 0 bridgehead atoms. The van der Waals surface area contributed by atoms with Gasteiger partial charge >= 0.3 is 5.97 Å². The highest BCUT2D eigenvalue weighted by molar-refractivity contribution is 7.86. The van der Waals surface area contributed by atoms with Crippen LogP contribution in [0, 0.1) is 0 Å². The lowest BCUT2D eigenvalue weighted by Gasteiger charge is -2.06. The molecule has 4 nitrogen and oxygen atoms in total. The highest BCUT2D eigenvalue weighted by atomic mass is 35.5. The first kappa shape index (κ1) is 15.3. The van der Waals surface area contributed by atoms with Crippen LogP contribution in [-0.2, 0) is 15.8 Å². The second kappa shape index (κ2) is 7.06. The van der Waals surface area contributed by atoms with Gasteiger partial charge in [-0.15, -0.1) is 0 Å². The number of aliphatic carboxylic acids is 1. The van der Waals surface area contributed by atoms with Gasteiger partial charge in [0.15, 0.2) is 0 Å². The second-order valence-corrected chi connectivity index (χ2v) is 5.77. The summed E-state index contributed by atoms with van der Waals surface area (Å²) in [6, 6.07) is 13.7. The summed E-state index contributed by atoms with van der Waals surface area (Å²) in [6.45, 7) is 0. The fourth-order valence-corrected chi connectivity index (χ4v) is 2.53. The number of carbonyl (C=O) groups is 1. The van der Waals surface area contributed by atoms with Crippen LogP contribution in [0.2, 0.25) is 5.02 Å². The van der Waals surface area contributed by atoms with E-state index >= 15 is 0 Å². The minimum Gasteiger partial charge on any atom is -0.478 e. The fraction of sp³-hybridized carbons (Fsp3) is 0. The number of hydrogen-bond acceptors (Lipinski definition) is 2. The summed E-state index contributed by atoms with van der Waals surface area (Å²) in [5.74, 6) is -1.01. The highest BCUT2D eigenvalue weighted by Gasteiger charge is 2.04. The molecule has 0 aromatic heterocycles. The maximum Gasteiger partial charge on any atom is 0.328 e. The minimum absolute atomic E-state index is 0.595. The molecule has 1 atom stereocenters. The van der Waals surface area contributed by atoms with Crippen LogP contribution >= 0.6 is 11.6 Å². The maximum absolute atomic E-state index is 12.1. The molecule has 0 amide bonds. The van der Waals surface area contributed by atoms with E-state index in [0.717, 1.165) is 11.6 Å². The largest absolute Gasteiger partial charge is 0.478 e. The molecule has 0 saturated carbocycles. The Morgan fingerprint density at radius 3 is 2.29 bits per heavy atom.